The van der Waals surface area contributed by atoms with Crippen molar-refractivity contribution in [3.63, 3.8) is 0 Å². The minimum absolute atomic E-state index is 0.161. The first-order valence-electron chi connectivity index (χ1n) is 6.44. The number of benzene rings is 1. The van der Waals surface area contributed by atoms with Gasteiger partial charge in [-0.15, -0.1) is 11.6 Å². The number of anilines is 1. The Morgan fingerprint density at radius 3 is 2.25 bits per heavy atom. The van der Waals surface area contributed by atoms with E-state index in [0.29, 0.717) is 11.3 Å². The minimum Gasteiger partial charge on any atom is -0.459 e. The van der Waals surface area contributed by atoms with Gasteiger partial charge in [-0.05, 0) is 52.0 Å². The zero-order valence-corrected chi connectivity index (χ0v) is 13.0. The van der Waals surface area contributed by atoms with Gasteiger partial charge in [-0.1, -0.05) is 0 Å². The van der Waals surface area contributed by atoms with Gasteiger partial charge in [0.1, 0.15) is 0 Å². The molecule has 1 N–H and O–H groups in total. The summed E-state index contributed by atoms with van der Waals surface area (Å²) in [6.07, 6.45) is -0.161. The first-order chi connectivity index (χ1) is 9.26. The van der Waals surface area contributed by atoms with Crippen LogP contribution in [0.25, 0.3) is 0 Å². The van der Waals surface area contributed by atoms with E-state index in [1.807, 2.05) is 0 Å². The Kier molecular flexibility index (Phi) is 5.57. The van der Waals surface area contributed by atoms with E-state index < -0.39 is 5.41 Å². The van der Waals surface area contributed by atoms with Gasteiger partial charge in [0.25, 0.3) is 0 Å². The van der Waals surface area contributed by atoms with Gasteiger partial charge in [0.05, 0.1) is 17.1 Å². The van der Waals surface area contributed by atoms with Crippen LogP contribution in [0.3, 0.4) is 0 Å². The number of halogens is 1. The summed E-state index contributed by atoms with van der Waals surface area (Å²) < 4.78 is 5.09. The normalized spacial score (nSPS) is 11.3. The van der Waals surface area contributed by atoms with E-state index in [1.165, 1.54) is 0 Å². The van der Waals surface area contributed by atoms with Crippen LogP contribution in [-0.4, -0.2) is 23.9 Å². The van der Waals surface area contributed by atoms with Crippen LogP contribution in [-0.2, 0) is 9.53 Å². The van der Waals surface area contributed by atoms with Crippen LogP contribution in [0, 0.1) is 5.41 Å². The third-order valence-electron chi connectivity index (χ3n) is 2.67. The second kappa shape index (κ2) is 6.75. The van der Waals surface area contributed by atoms with Crippen molar-refractivity contribution in [1.82, 2.24) is 0 Å². The fraction of sp³-hybridized carbons (Fsp3) is 0.467. The molecule has 5 heteroatoms. The standard InChI is InChI=1S/C15H20ClNO3/c1-10(2)20-13(18)11-5-7-12(8-6-11)17-14(19)15(3,4)9-16/h5-8,10H,9H2,1-4H3,(H,17,19). The monoisotopic (exact) mass is 297 g/mol. The molecule has 0 aliphatic rings. The van der Waals surface area contributed by atoms with Crippen molar-refractivity contribution in [2.45, 2.75) is 33.8 Å². The average molecular weight is 298 g/mol. The van der Waals surface area contributed by atoms with Crippen LogP contribution < -0.4 is 5.32 Å². The van der Waals surface area contributed by atoms with E-state index in [9.17, 15) is 9.59 Å². The number of rotatable bonds is 5. The fourth-order valence-electron chi connectivity index (χ4n) is 1.33. The lowest BCUT2D eigenvalue weighted by Crippen LogP contribution is -2.32. The molecule has 1 aromatic rings. The van der Waals surface area contributed by atoms with E-state index in [4.69, 9.17) is 16.3 Å². The molecule has 0 unspecified atom stereocenters. The summed E-state index contributed by atoms with van der Waals surface area (Å²) in [4.78, 5) is 23.6. The average Bonchev–Trinajstić information content (AvgIpc) is 2.38. The second-order valence-corrected chi connectivity index (χ2v) is 5.77. The number of esters is 1. The van der Waals surface area contributed by atoms with Gasteiger partial charge in [0, 0.05) is 11.6 Å². The van der Waals surface area contributed by atoms with E-state index in [2.05, 4.69) is 5.32 Å². The van der Waals surface area contributed by atoms with E-state index in [0.717, 1.165) is 0 Å². The molecule has 0 fully saturated rings. The van der Waals surface area contributed by atoms with Gasteiger partial charge >= 0.3 is 5.97 Å². The lowest BCUT2D eigenvalue weighted by Gasteiger charge is -2.20. The van der Waals surface area contributed by atoms with Gasteiger partial charge in [0.2, 0.25) is 5.91 Å². The van der Waals surface area contributed by atoms with Crippen molar-refractivity contribution in [2.75, 3.05) is 11.2 Å². The number of ether oxygens (including phenoxy) is 1. The lowest BCUT2D eigenvalue weighted by atomic mass is 9.95. The summed E-state index contributed by atoms with van der Waals surface area (Å²) in [5, 5.41) is 2.76. The second-order valence-electron chi connectivity index (χ2n) is 5.50. The van der Waals surface area contributed by atoms with Crippen LogP contribution in [0.15, 0.2) is 24.3 Å². The molecule has 0 bridgehead atoms. The summed E-state index contributed by atoms with van der Waals surface area (Å²) in [6, 6.07) is 6.57. The summed E-state index contributed by atoms with van der Waals surface area (Å²) in [5.41, 5.74) is 0.430. The first-order valence-corrected chi connectivity index (χ1v) is 6.98. The number of hydrogen-bond acceptors (Lipinski definition) is 3. The molecule has 0 saturated carbocycles. The van der Waals surface area contributed by atoms with E-state index in [-0.39, 0.29) is 23.9 Å². The number of hydrogen-bond donors (Lipinski definition) is 1. The maximum absolute atomic E-state index is 11.9. The minimum atomic E-state index is -0.642. The fourth-order valence-corrected chi connectivity index (χ4v) is 1.45. The Bertz CT molecular complexity index is 480. The van der Waals surface area contributed by atoms with Crippen molar-refractivity contribution < 1.29 is 14.3 Å². The Balaban J connectivity index is 2.73. The molecule has 1 aromatic carbocycles. The molecule has 20 heavy (non-hydrogen) atoms. The molecule has 0 spiro atoms. The predicted octanol–water partition coefficient (Wildman–Crippen LogP) is 3.46. The molecule has 0 aliphatic carbocycles. The first kappa shape index (κ1) is 16.5. The van der Waals surface area contributed by atoms with Crippen LogP contribution in [0.2, 0.25) is 0 Å². The molecule has 1 amide bonds. The van der Waals surface area contributed by atoms with Crippen molar-refractivity contribution in [3.05, 3.63) is 29.8 Å². The SMILES string of the molecule is CC(C)OC(=O)c1ccc(NC(=O)C(C)(C)CCl)cc1. The molecule has 0 atom stereocenters. The summed E-state index contributed by atoms with van der Waals surface area (Å²) in [6.45, 7) is 7.12. The summed E-state index contributed by atoms with van der Waals surface area (Å²) >= 11 is 5.75. The Morgan fingerprint density at radius 2 is 1.80 bits per heavy atom. The maximum atomic E-state index is 11.9. The number of carbonyl (C=O) groups is 2. The highest BCUT2D eigenvalue weighted by Crippen LogP contribution is 2.20. The molecule has 0 aromatic heterocycles. The molecule has 4 nitrogen and oxygen atoms in total. The Labute approximate surface area is 124 Å². The van der Waals surface area contributed by atoms with Crippen molar-refractivity contribution >= 4 is 29.2 Å². The highest BCUT2D eigenvalue weighted by molar-refractivity contribution is 6.20. The third kappa shape index (κ3) is 4.53. The van der Waals surface area contributed by atoms with Gasteiger partial charge in [-0.3, -0.25) is 4.79 Å². The Morgan fingerprint density at radius 1 is 1.25 bits per heavy atom. The lowest BCUT2D eigenvalue weighted by molar-refractivity contribution is -0.122. The third-order valence-corrected chi connectivity index (χ3v) is 3.34. The molecule has 0 aliphatic heterocycles. The molecule has 0 heterocycles. The maximum Gasteiger partial charge on any atom is 0.338 e. The van der Waals surface area contributed by atoms with Crippen molar-refractivity contribution in [3.8, 4) is 0 Å². The smallest absolute Gasteiger partial charge is 0.338 e. The van der Waals surface area contributed by atoms with Crippen LogP contribution in [0.1, 0.15) is 38.1 Å². The molecule has 0 saturated heterocycles. The molecule has 0 radical (unpaired) electrons. The van der Waals surface area contributed by atoms with Crippen molar-refractivity contribution in [2.24, 2.45) is 5.41 Å². The molecular formula is C15H20ClNO3. The highest BCUT2D eigenvalue weighted by atomic mass is 35.5. The number of alkyl halides is 1. The van der Waals surface area contributed by atoms with Crippen LogP contribution in [0.5, 0.6) is 0 Å². The van der Waals surface area contributed by atoms with Crippen LogP contribution in [0.4, 0.5) is 5.69 Å². The Hall–Kier alpha value is -1.55. The zero-order chi connectivity index (χ0) is 15.3. The van der Waals surface area contributed by atoms with E-state index >= 15 is 0 Å². The zero-order valence-electron chi connectivity index (χ0n) is 12.2. The molecular weight excluding hydrogens is 278 g/mol. The number of nitrogens with one attached hydrogen (secondary N) is 1. The van der Waals surface area contributed by atoms with Gasteiger partial charge in [-0.2, -0.15) is 0 Å². The topological polar surface area (TPSA) is 55.4 Å². The summed E-state index contributed by atoms with van der Waals surface area (Å²) in [5.74, 6) is -0.304. The number of amides is 1. The summed E-state index contributed by atoms with van der Waals surface area (Å²) in [7, 11) is 0. The van der Waals surface area contributed by atoms with E-state index in [1.54, 1.807) is 52.0 Å². The van der Waals surface area contributed by atoms with Crippen molar-refractivity contribution in [1.29, 1.82) is 0 Å². The molecule has 110 valence electrons. The van der Waals surface area contributed by atoms with Crippen LogP contribution >= 0.6 is 11.6 Å². The van der Waals surface area contributed by atoms with Gasteiger partial charge in [0.15, 0.2) is 0 Å². The molecule has 1 rings (SSSR count). The quantitative estimate of drug-likeness (QED) is 0.669. The largest absolute Gasteiger partial charge is 0.459 e. The highest BCUT2D eigenvalue weighted by Gasteiger charge is 2.26. The predicted molar refractivity (Wildman–Crippen MR) is 80.1 cm³/mol. The van der Waals surface area contributed by atoms with Gasteiger partial charge in [-0.25, -0.2) is 4.79 Å². The number of carbonyl (C=O) groups excluding carboxylic acids is 2. The van der Waals surface area contributed by atoms with Gasteiger partial charge < -0.3 is 10.1 Å².